The van der Waals surface area contributed by atoms with Crippen molar-refractivity contribution < 1.29 is 19.1 Å². The Labute approximate surface area is 195 Å². The van der Waals surface area contributed by atoms with Gasteiger partial charge in [0.1, 0.15) is 6.04 Å². The molecule has 0 radical (unpaired) electrons. The second-order valence-electron chi connectivity index (χ2n) is 8.12. The van der Waals surface area contributed by atoms with Crippen molar-refractivity contribution in [1.29, 1.82) is 0 Å². The second-order valence-corrected chi connectivity index (χ2v) is 8.49. The number of hydrogen-bond donors (Lipinski definition) is 2. The van der Waals surface area contributed by atoms with Crippen LogP contribution in [0.1, 0.15) is 31.4 Å². The van der Waals surface area contributed by atoms with Gasteiger partial charge in [-0.25, -0.2) is 4.79 Å². The van der Waals surface area contributed by atoms with E-state index in [4.69, 9.17) is 4.74 Å². The maximum Gasteiger partial charge on any atom is 0.329 e. The summed E-state index contributed by atoms with van der Waals surface area (Å²) in [4.78, 5) is 39.8. The van der Waals surface area contributed by atoms with Gasteiger partial charge in [0, 0.05) is 18.7 Å². The maximum atomic E-state index is 13.9. The highest BCUT2D eigenvalue weighted by molar-refractivity contribution is 7.80. The molecule has 0 fully saturated rings. The SMILES string of the molecule is CC(=O)N[C@@H](CS)C(=O)OCC(=O)C(CC(C)N(C)C)(c1ccccc1)c1ccccc1. The molecule has 6 nitrogen and oxygen atoms in total. The Morgan fingerprint density at radius 2 is 1.50 bits per heavy atom. The van der Waals surface area contributed by atoms with Crippen LogP contribution in [0.2, 0.25) is 0 Å². The van der Waals surface area contributed by atoms with E-state index >= 15 is 0 Å². The van der Waals surface area contributed by atoms with Gasteiger partial charge < -0.3 is 15.0 Å². The molecule has 2 aromatic carbocycles. The number of carbonyl (C=O) groups is 3. The lowest BCUT2D eigenvalue weighted by molar-refractivity contribution is -0.151. The number of benzene rings is 2. The summed E-state index contributed by atoms with van der Waals surface area (Å²) in [5, 5.41) is 2.49. The summed E-state index contributed by atoms with van der Waals surface area (Å²) in [6.45, 7) is 2.97. The molecule has 0 aliphatic carbocycles. The van der Waals surface area contributed by atoms with Crippen molar-refractivity contribution >= 4 is 30.3 Å². The fraction of sp³-hybridized carbons (Fsp3) is 0.400. The molecule has 32 heavy (non-hydrogen) atoms. The summed E-state index contributed by atoms with van der Waals surface area (Å²) < 4.78 is 5.38. The summed E-state index contributed by atoms with van der Waals surface area (Å²) in [6, 6.07) is 18.3. The van der Waals surface area contributed by atoms with Crippen molar-refractivity contribution in [3.63, 3.8) is 0 Å². The van der Waals surface area contributed by atoms with E-state index in [0.717, 1.165) is 11.1 Å². The van der Waals surface area contributed by atoms with Crippen LogP contribution in [0.3, 0.4) is 0 Å². The average Bonchev–Trinajstić information content (AvgIpc) is 2.79. The normalized spacial score (nSPS) is 13.3. The Hall–Kier alpha value is -2.64. The van der Waals surface area contributed by atoms with Crippen LogP contribution in [0.25, 0.3) is 0 Å². The lowest BCUT2D eigenvalue weighted by Gasteiger charge is -2.37. The number of ether oxygens (including phenoxy) is 1. The number of esters is 1. The molecule has 0 bridgehead atoms. The van der Waals surface area contributed by atoms with Crippen molar-refractivity contribution in [2.75, 3.05) is 26.5 Å². The summed E-state index contributed by atoms with van der Waals surface area (Å²) in [5.74, 6) is -1.20. The molecule has 1 unspecified atom stereocenters. The molecule has 0 spiro atoms. The van der Waals surface area contributed by atoms with E-state index in [1.807, 2.05) is 74.8 Å². The first-order valence-corrected chi connectivity index (χ1v) is 11.2. The van der Waals surface area contributed by atoms with E-state index in [2.05, 4.69) is 29.8 Å². The molecule has 7 heteroatoms. The van der Waals surface area contributed by atoms with Gasteiger partial charge in [-0.3, -0.25) is 9.59 Å². The fourth-order valence-electron chi connectivity index (χ4n) is 3.69. The predicted molar refractivity (Wildman–Crippen MR) is 129 cm³/mol. The minimum absolute atomic E-state index is 0.0691. The summed E-state index contributed by atoms with van der Waals surface area (Å²) in [7, 11) is 3.95. The number of nitrogens with zero attached hydrogens (tertiary/aromatic N) is 1. The Balaban J connectivity index is 2.46. The zero-order valence-electron chi connectivity index (χ0n) is 19.1. The summed E-state index contributed by atoms with van der Waals surface area (Å²) in [6.07, 6.45) is 0.506. The highest BCUT2D eigenvalue weighted by Crippen LogP contribution is 2.38. The van der Waals surface area contributed by atoms with Crippen LogP contribution in [0, 0.1) is 0 Å². The van der Waals surface area contributed by atoms with E-state index in [1.165, 1.54) is 6.92 Å². The van der Waals surface area contributed by atoms with Gasteiger partial charge in [-0.2, -0.15) is 12.6 Å². The summed E-state index contributed by atoms with van der Waals surface area (Å²) >= 11 is 4.11. The quantitative estimate of drug-likeness (QED) is 0.402. The van der Waals surface area contributed by atoms with Gasteiger partial charge in [-0.1, -0.05) is 60.7 Å². The van der Waals surface area contributed by atoms with Gasteiger partial charge >= 0.3 is 5.97 Å². The molecular formula is C25H32N2O4S. The lowest BCUT2D eigenvalue weighted by Crippen LogP contribution is -2.47. The number of carbonyl (C=O) groups excluding carboxylic acids is 3. The zero-order valence-corrected chi connectivity index (χ0v) is 20.0. The molecule has 1 N–H and O–H groups in total. The van der Waals surface area contributed by atoms with Crippen molar-refractivity contribution in [3.8, 4) is 0 Å². The molecule has 172 valence electrons. The van der Waals surface area contributed by atoms with Crippen molar-refractivity contribution in [1.82, 2.24) is 10.2 Å². The van der Waals surface area contributed by atoms with Gasteiger partial charge in [0.2, 0.25) is 5.91 Å². The minimum atomic E-state index is -1.00. The van der Waals surface area contributed by atoms with Crippen LogP contribution in [0.15, 0.2) is 60.7 Å². The molecule has 0 aromatic heterocycles. The van der Waals surface area contributed by atoms with E-state index < -0.39 is 24.0 Å². The smallest absolute Gasteiger partial charge is 0.329 e. The number of thiol groups is 1. The third kappa shape index (κ3) is 6.20. The average molecular weight is 457 g/mol. The van der Waals surface area contributed by atoms with Crippen LogP contribution < -0.4 is 5.32 Å². The maximum absolute atomic E-state index is 13.9. The van der Waals surface area contributed by atoms with E-state index in [9.17, 15) is 14.4 Å². The molecule has 0 saturated carbocycles. The first-order valence-electron chi connectivity index (χ1n) is 10.6. The van der Waals surface area contributed by atoms with Crippen LogP contribution in [-0.2, 0) is 24.5 Å². The Kier molecular flexibility index (Phi) is 9.47. The molecule has 0 saturated heterocycles. The van der Waals surface area contributed by atoms with Gasteiger partial charge in [-0.05, 0) is 38.6 Å². The summed E-state index contributed by atoms with van der Waals surface area (Å²) in [5.41, 5.74) is 0.679. The van der Waals surface area contributed by atoms with E-state index in [-0.39, 0.29) is 23.5 Å². The van der Waals surface area contributed by atoms with Gasteiger partial charge in [0.15, 0.2) is 12.4 Å². The third-order valence-electron chi connectivity index (χ3n) is 5.68. The number of ketones is 1. The van der Waals surface area contributed by atoms with Crippen LogP contribution in [0.5, 0.6) is 0 Å². The Morgan fingerprint density at radius 1 is 1.00 bits per heavy atom. The van der Waals surface area contributed by atoms with Crippen LogP contribution >= 0.6 is 12.6 Å². The largest absolute Gasteiger partial charge is 0.456 e. The lowest BCUT2D eigenvalue weighted by atomic mass is 9.67. The number of nitrogens with one attached hydrogen (secondary N) is 1. The standard InChI is InChI=1S/C25H32N2O4S/c1-18(27(3)4)15-25(20-11-7-5-8-12-20,21-13-9-6-10-14-21)23(29)16-31-24(30)22(17-32)26-19(2)28/h5-14,18,22,32H,15-17H2,1-4H3,(H,26,28)/t18?,22-/m0/s1. The van der Waals surface area contributed by atoms with Crippen LogP contribution in [0.4, 0.5) is 0 Å². The number of amides is 1. The molecular weight excluding hydrogens is 424 g/mol. The van der Waals surface area contributed by atoms with Crippen LogP contribution in [-0.4, -0.2) is 61.1 Å². The number of Topliss-reactive ketones (excluding diaryl/α,β-unsaturated/α-hetero) is 1. The first kappa shape index (κ1) is 25.6. The fourth-order valence-corrected chi connectivity index (χ4v) is 3.93. The Morgan fingerprint density at radius 3 is 1.91 bits per heavy atom. The Bertz CT molecular complexity index is 863. The van der Waals surface area contributed by atoms with Gasteiger partial charge in [0.25, 0.3) is 0 Å². The highest BCUT2D eigenvalue weighted by atomic mass is 32.1. The second kappa shape index (κ2) is 11.8. The molecule has 0 aliphatic heterocycles. The molecule has 2 atom stereocenters. The van der Waals surface area contributed by atoms with Crippen molar-refractivity contribution in [2.45, 2.75) is 37.8 Å². The molecule has 1 amide bonds. The monoisotopic (exact) mass is 456 g/mol. The highest BCUT2D eigenvalue weighted by Gasteiger charge is 2.43. The molecule has 2 rings (SSSR count). The predicted octanol–water partition coefficient (Wildman–Crippen LogP) is 2.86. The van der Waals surface area contributed by atoms with Gasteiger partial charge in [-0.15, -0.1) is 0 Å². The van der Waals surface area contributed by atoms with E-state index in [1.54, 1.807) is 0 Å². The van der Waals surface area contributed by atoms with E-state index in [0.29, 0.717) is 6.42 Å². The minimum Gasteiger partial charge on any atom is -0.456 e. The number of hydrogen-bond acceptors (Lipinski definition) is 6. The van der Waals surface area contributed by atoms with Gasteiger partial charge in [0.05, 0.1) is 5.41 Å². The van der Waals surface area contributed by atoms with Crippen molar-refractivity contribution in [3.05, 3.63) is 71.8 Å². The molecule has 2 aromatic rings. The topological polar surface area (TPSA) is 75.7 Å². The van der Waals surface area contributed by atoms with Crippen molar-refractivity contribution in [2.24, 2.45) is 0 Å². The number of rotatable bonds is 11. The first-order chi connectivity index (χ1) is 15.2. The third-order valence-corrected chi connectivity index (χ3v) is 6.05. The molecule has 0 heterocycles. The molecule has 0 aliphatic rings. The zero-order chi connectivity index (χ0) is 23.7.